The van der Waals surface area contributed by atoms with Crippen molar-refractivity contribution in [2.45, 2.75) is 6.92 Å². The highest BCUT2D eigenvalue weighted by Crippen LogP contribution is 2.30. The average molecular weight is 398 g/mol. The number of carboxylic acids is 1. The smallest absolute Gasteiger partial charge is 0.339 e. The summed E-state index contributed by atoms with van der Waals surface area (Å²) in [4.78, 5) is 23.0. The van der Waals surface area contributed by atoms with E-state index in [9.17, 15) is 9.59 Å². The van der Waals surface area contributed by atoms with E-state index in [1.165, 1.54) is 24.4 Å². The molecule has 3 aromatic rings. The molecule has 1 aromatic heterocycles. The summed E-state index contributed by atoms with van der Waals surface area (Å²) in [5, 5.41) is 16.0. The third-order valence-electron chi connectivity index (χ3n) is 3.86. The second-order valence-electron chi connectivity index (χ2n) is 5.84. The van der Waals surface area contributed by atoms with E-state index in [1.54, 1.807) is 18.2 Å². The van der Waals surface area contributed by atoms with Crippen LogP contribution >= 0.6 is 11.6 Å². The standard InChI is InChI=1S/C20H16ClN3O4/c1-12-4-2-3-5-17(12)23-20(27)24-22-11-14-7-9-18(28-14)15-10-13(19(25)26)6-8-16(15)21/h2-11H,1H3,(H,25,26)(H2,23,24,27). The number of rotatable bonds is 5. The zero-order chi connectivity index (χ0) is 20.1. The van der Waals surface area contributed by atoms with Crippen molar-refractivity contribution in [3.63, 3.8) is 0 Å². The number of furan rings is 1. The SMILES string of the molecule is Cc1ccccc1NC(=O)NN=Cc1ccc(-c2cc(C(=O)O)ccc2Cl)o1. The molecule has 3 rings (SSSR count). The third kappa shape index (κ3) is 4.57. The molecule has 0 aliphatic heterocycles. The fraction of sp³-hybridized carbons (Fsp3) is 0.0500. The van der Waals surface area contributed by atoms with Crippen molar-refractivity contribution in [3.8, 4) is 11.3 Å². The molecule has 2 aromatic carbocycles. The van der Waals surface area contributed by atoms with Gasteiger partial charge in [-0.2, -0.15) is 5.10 Å². The van der Waals surface area contributed by atoms with Crippen molar-refractivity contribution in [1.82, 2.24) is 5.43 Å². The minimum absolute atomic E-state index is 0.0977. The maximum Gasteiger partial charge on any atom is 0.339 e. The number of benzene rings is 2. The van der Waals surface area contributed by atoms with Crippen LogP contribution < -0.4 is 10.7 Å². The van der Waals surface area contributed by atoms with E-state index < -0.39 is 12.0 Å². The highest BCUT2D eigenvalue weighted by molar-refractivity contribution is 6.33. The number of hydrogen-bond acceptors (Lipinski definition) is 4. The molecule has 2 amide bonds. The normalized spacial score (nSPS) is 10.8. The molecule has 0 unspecified atom stereocenters. The molecule has 8 heteroatoms. The summed E-state index contributed by atoms with van der Waals surface area (Å²) >= 11 is 6.13. The monoisotopic (exact) mass is 397 g/mol. The van der Waals surface area contributed by atoms with Crippen molar-refractivity contribution in [2.24, 2.45) is 5.10 Å². The quantitative estimate of drug-likeness (QED) is 0.426. The Hall–Kier alpha value is -3.58. The van der Waals surface area contributed by atoms with Crippen molar-refractivity contribution in [3.05, 3.63) is 76.5 Å². The molecule has 0 saturated carbocycles. The largest absolute Gasteiger partial charge is 0.478 e. The highest BCUT2D eigenvalue weighted by Gasteiger charge is 2.12. The van der Waals surface area contributed by atoms with Crippen LogP contribution in [0.1, 0.15) is 21.7 Å². The van der Waals surface area contributed by atoms with Gasteiger partial charge in [-0.05, 0) is 48.9 Å². The van der Waals surface area contributed by atoms with Crippen molar-refractivity contribution < 1.29 is 19.1 Å². The molecule has 1 heterocycles. The number of aromatic carboxylic acids is 1. The summed E-state index contributed by atoms with van der Waals surface area (Å²) < 4.78 is 5.61. The molecule has 7 nitrogen and oxygen atoms in total. The van der Waals surface area contributed by atoms with Crippen LogP contribution in [0, 0.1) is 6.92 Å². The number of aryl methyl sites for hydroxylation is 1. The number of anilines is 1. The lowest BCUT2D eigenvalue weighted by molar-refractivity contribution is 0.0697. The van der Waals surface area contributed by atoms with Gasteiger partial charge in [0, 0.05) is 11.3 Å². The first-order valence-electron chi connectivity index (χ1n) is 8.23. The van der Waals surface area contributed by atoms with Gasteiger partial charge in [0.2, 0.25) is 0 Å². The Morgan fingerprint density at radius 1 is 1.14 bits per heavy atom. The summed E-state index contributed by atoms with van der Waals surface area (Å²) in [7, 11) is 0. The highest BCUT2D eigenvalue weighted by atomic mass is 35.5. The number of hydrazone groups is 1. The molecular formula is C20H16ClN3O4. The molecule has 0 spiro atoms. The Kier molecular flexibility index (Phi) is 5.76. The number of para-hydroxylation sites is 1. The predicted molar refractivity (Wildman–Crippen MR) is 107 cm³/mol. The van der Waals surface area contributed by atoms with Gasteiger partial charge in [-0.25, -0.2) is 15.0 Å². The maximum absolute atomic E-state index is 11.9. The summed E-state index contributed by atoms with van der Waals surface area (Å²) in [6.07, 6.45) is 1.33. The Morgan fingerprint density at radius 2 is 1.93 bits per heavy atom. The molecule has 0 radical (unpaired) electrons. The van der Waals surface area contributed by atoms with Gasteiger partial charge in [-0.1, -0.05) is 29.8 Å². The summed E-state index contributed by atoms with van der Waals surface area (Å²) in [6.45, 7) is 1.88. The molecule has 0 aliphatic carbocycles. The Bertz CT molecular complexity index is 1060. The zero-order valence-electron chi connectivity index (χ0n) is 14.8. The number of amides is 2. The van der Waals surface area contributed by atoms with Crippen LogP contribution in [0.3, 0.4) is 0 Å². The summed E-state index contributed by atoms with van der Waals surface area (Å²) in [5.41, 5.74) is 4.51. The van der Waals surface area contributed by atoms with Gasteiger partial charge in [0.1, 0.15) is 11.5 Å². The number of carbonyl (C=O) groups excluding carboxylic acids is 1. The van der Waals surface area contributed by atoms with E-state index in [0.717, 1.165) is 5.56 Å². The van der Waals surface area contributed by atoms with E-state index in [1.807, 2.05) is 25.1 Å². The minimum Gasteiger partial charge on any atom is -0.478 e. The van der Waals surface area contributed by atoms with Gasteiger partial charge in [0.05, 0.1) is 16.8 Å². The second-order valence-corrected chi connectivity index (χ2v) is 6.25. The van der Waals surface area contributed by atoms with Crippen molar-refractivity contribution in [1.29, 1.82) is 0 Å². The minimum atomic E-state index is -1.06. The molecule has 0 aliphatic rings. The van der Waals surface area contributed by atoms with Crippen molar-refractivity contribution in [2.75, 3.05) is 5.32 Å². The van der Waals surface area contributed by atoms with E-state index >= 15 is 0 Å². The van der Waals surface area contributed by atoms with E-state index in [0.29, 0.717) is 27.8 Å². The number of nitrogens with one attached hydrogen (secondary N) is 2. The van der Waals surface area contributed by atoms with Crippen LogP contribution in [-0.2, 0) is 0 Å². The molecule has 3 N–H and O–H groups in total. The molecule has 0 fully saturated rings. The fourth-order valence-corrected chi connectivity index (χ4v) is 2.64. The van der Waals surface area contributed by atoms with Gasteiger partial charge < -0.3 is 14.8 Å². The van der Waals surface area contributed by atoms with Crippen LogP contribution in [0.15, 0.2) is 64.1 Å². The summed E-state index contributed by atoms with van der Waals surface area (Å²) in [5.74, 6) is -0.308. The van der Waals surface area contributed by atoms with E-state index in [4.69, 9.17) is 21.1 Å². The number of urea groups is 1. The van der Waals surface area contributed by atoms with Gasteiger partial charge in [0.25, 0.3) is 0 Å². The first kappa shape index (κ1) is 19.2. The Morgan fingerprint density at radius 3 is 2.68 bits per heavy atom. The maximum atomic E-state index is 11.9. The lowest BCUT2D eigenvalue weighted by atomic mass is 10.1. The van der Waals surface area contributed by atoms with Crippen LogP contribution in [0.25, 0.3) is 11.3 Å². The molecule has 0 saturated heterocycles. The van der Waals surface area contributed by atoms with Crippen LogP contribution in [-0.4, -0.2) is 23.3 Å². The van der Waals surface area contributed by atoms with Crippen LogP contribution in [0.4, 0.5) is 10.5 Å². The number of nitrogens with zero attached hydrogens (tertiary/aromatic N) is 1. The Balaban J connectivity index is 1.66. The number of carbonyl (C=O) groups is 2. The van der Waals surface area contributed by atoms with Gasteiger partial charge >= 0.3 is 12.0 Å². The third-order valence-corrected chi connectivity index (χ3v) is 4.19. The summed E-state index contributed by atoms with van der Waals surface area (Å²) in [6, 6.07) is 14.5. The van der Waals surface area contributed by atoms with E-state index in [2.05, 4.69) is 15.8 Å². The second kappa shape index (κ2) is 8.41. The average Bonchev–Trinajstić information content (AvgIpc) is 3.12. The zero-order valence-corrected chi connectivity index (χ0v) is 15.5. The van der Waals surface area contributed by atoms with E-state index in [-0.39, 0.29) is 5.56 Å². The predicted octanol–water partition coefficient (Wildman–Crippen LogP) is 4.76. The molecule has 0 bridgehead atoms. The first-order chi connectivity index (χ1) is 13.4. The molecule has 28 heavy (non-hydrogen) atoms. The Labute approximate surface area is 165 Å². The molecule has 0 atom stereocenters. The topological polar surface area (TPSA) is 104 Å². The van der Waals surface area contributed by atoms with Gasteiger partial charge in [-0.3, -0.25) is 0 Å². The lowest BCUT2D eigenvalue weighted by Crippen LogP contribution is -2.24. The first-order valence-corrected chi connectivity index (χ1v) is 8.60. The van der Waals surface area contributed by atoms with Gasteiger partial charge in [0.15, 0.2) is 0 Å². The number of halogens is 1. The van der Waals surface area contributed by atoms with Crippen LogP contribution in [0.2, 0.25) is 5.02 Å². The molecule has 142 valence electrons. The fourth-order valence-electron chi connectivity index (χ4n) is 2.43. The lowest BCUT2D eigenvalue weighted by Gasteiger charge is -2.06. The number of hydrogen-bond donors (Lipinski definition) is 3. The van der Waals surface area contributed by atoms with Crippen molar-refractivity contribution >= 4 is 35.5 Å². The van der Waals surface area contributed by atoms with Crippen LogP contribution in [0.5, 0.6) is 0 Å². The van der Waals surface area contributed by atoms with Gasteiger partial charge in [-0.15, -0.1) is 0 Å². The molecular weight excluding hydrogens is 382 g/mol. The number of carboxylic acid groups (broad SMARTS) is 1.